The van der Waals surface area contributed by atoms with Gasteiger partial charge in [-0.1, -0.05) is 20.8 Å². The molecule has 1 aromatic heterocycles. The van der Waals surface area contributed by atoms with E-state index in [9.17, 15) is 0 Å². The van der Waals surface area contributed by atoms with Crippen molar-refractivity contribution in [2.45, 2.75) is 46.6 Å². The van der Waals surface area contributed by atoms with Crippen LogP contribution in [-0.2, 0) is 13.0 Å². The van der Waals surface area contributed by atoms with E-state index in [1.54, 1.807) is 11.3 Å². The second kappa shape index (κ2) is 6.96. The molecule has 15 heavy (non-hydrogen) atoms. The molecule has 0 unspecified atom stereocenters. The summed E-state index contributed by atoms with van der Waals surface area (Å²) in [6.07, 6.45) is 3.57. The van der Waals surface area contributed by atoms with Gasteiger partial charge in [-0.25, -0.2) is 4.98 Å². The van der Waals surface area contributed by atoms with Crippen LogP contribution in [0.4, 0.5) is 0 Å². The van der Waals surface area contributed by atoms with E-state index >= 15 is 0 Å². The Morgan fingerprint density at radius 1 is 1.47 bits per heavy atom. The van der Waals surface area contributed by atoms with Gasteiger partial charge in [-0.3, -0.25) is 0 Å². The minimum absolute atomic E-state index is 0.774. The molecule has 86 valence electrons. The molecule has 0 spiro atoms. The van der Waals surface area contributed by atoms with Crippen LogP contribution in [0, 0.1) is 5.92 Å². The third-order valence-corrected chi connectivity index (χ3v) is 3.23. The van der Waals surface area contributed by atoms with Gasteiger partial charge in [0.25, 0.3) is 0 Å². The van der Waals surface area contributed by atoms with Crippen molar-refractivity contribution in [3.63, 3.8) is 0 Å². The van der Waals surface area contributed by atoms with Crippen molar-refractivity contribution in [1.82, 2.24) is 10.3 Å². The number of aryl methyl sites for hydroxylation is 1. The van der Waals surface area contributed by atoms with Crippen LogP contribution in [0.5, 0.6) is 0 Å². The van der Waals surface area contributed by atoms with E-state index in [0.29, 0.717) is 0 Å². The molecule has 0 aliphatic rings. The molecule has 0 saturated heterocycles. The highest BCUT2D eigenvalue weighted by Gasteiger charge is 2.02. The van der Waals surface area contributed by atoms with Gasteiger partial charge in [0.05, 0.1) is 10.7 Å². The molecular formula is C12H22N2S. The summed E-state index contributed by atoms with van der Waals surface area (Å²) >= 11 is 1.80. The fourth-order valence-corrected chi connectivity index (χ4v) is 2.16. The lowest BCUT2D eigenvalue weighted by Crippen LogP contribution is -2.13. The molecule has 1 rings (SSSR count). The van der Waals surface area contributed by atoms with Gasteiger partial charge in [0.1, 0.15) is 0 Å². The topological polar surface area (TPSA) is 24.9 Å². The Morgan fingerprint density at radius 3 is 2.93 bits per heavy atom. The Kier molecular flexibility index (Phi) is 5.88. The zero-order valence-electron chi connectivity index (χ0n) is 10.0. The SMILES string of the molecule is CCCNCc1csc(CCC(C)C)n1. The van der Waals surface area contributed by atoms with E-state index in [0.717, 1.165) is 25.4 Å². The number of aromatic nitrogens is 1. The second-order valence-corrected chi connectivity index (χ2v) is 5.28. The van der Waals surface area contributed by atoms with Crippen LogP contribution in [0.15, 0.2) is 5.38 Å². The minimum Gasteiger partial charge on any atom is -0.311 e. The average Bonchev–Trinajstić information content (AvgIpc) is 2.63. The molecule has 1 aromatic rings. The maximum atomic E-state index is 4.61. The summed E-state index contributed by atoms with van der Waals surface area (Å²) in [6.45, 7) is 8.71. The first-order chi connectivity index (χ1) is 7.22. The van der Waals surface area contributed by atoms with Crippen molar-refractivity contribution in [2.75, 3.05) is 6.54 Å². The van der Waals surface area contributed by atoms with Crippen LogP contribution >= 0.6 is 11.3 Å². The van der Waals surface area contributed by atoms with Crippen molar-refractivity contribution in [2.24, 2.45) is 5.92 Å². The third-order valence-electron chi connectivity index (χ3n) is 2.27. The first-order valence-corrected chi connectivity index (χ1v) is 6.74. The van der Waals surface area contributed by atoms with E-state index in [1.165, 1.54) is 23.5 Å². The largest absolute Gasteiger partial charge is 0.311 e. The molecule has 0 atom stereocenters. The summed E-state index contributed by atoms with van der Waals surface area (Å²) in [6, 6.07) is 0. The average molecular weight is 226 g/mol. The predicted octanol–water partition coefficient (Wildman–Crippen LogP) is 3.23. The van der Waals surface area contributed by atoms with E-state index in [-0.39, 0.29) is 0 Å². The summed E-state index contributed by atoms with van der Waals surface area (Å²) in [5.74, 6) is 0.774. The van der Waals surface area contributed by atoms with Crippen LogP contribution in [0.2, 0.25) is 0 Å². The second-order valence-electron chi connectivity index (χ2n) is 4.34. The standard InChI is InChI=1S/C12H22N2S/c1-4-7-13-8-11-9-15-12(14-11)6-5-10(2)3/h9-10,13H,4-8H2,1-3H3. The van der Waals surface area contributed by atoms with Gasteiger partial charge in [-0.15, -0.1) is 11.3 Å². The molecule has 0 amide bonds. The Morgan fingerprint density at radius 2 is 2.27 bits per heavy atom. The third kappa shape index (κ3) is 5.28. The van der Waals surface area contributed by atoms with E-state index in [1.807, 2.05) is 0 Å². The molecular weight excluding hydrogens is 204 g/mol. The first-order valence-electron chi connectivity index (χ1n) is 5.86. The zero-order valence-corrected chi connectivity index (χ0v) is 10.9. The van der Waals surface area contributed by atoms with E-state index in [2.05, 4.69) is 36.5 Å². The predicted molar refractivity (Wildman–Crippen MR) is 67.3 cm³/mol. The Labute approximate surface area is 97.1 Å². The first kappa shape index (κ1) is 12.7. The van der Waals surface area contributed by atoms with Gasteiger partial charge in [0.2, 0.25) is 0 Å². The Hall–Kier alpha value is -0.410. The number of rotatable bonds is 7. The molecule has 0 aliphatic heterocycles. The number of nitrogens with one attached hydrogen (secondary N) is 1. The normalized spacial score (nSPS) is 11.2. The molecule has 0 aliphatic carbocycles. The summed E-state index contributed by atoms with van der Waals surface area (Å²) in [4.78, 5) is 4.61. The molecule has 1 heterocycles. The maximum absolute atomic E-state index is 4.61. The summed E-state index contributed by atoms with van der Waals surface area (Å²) in [7, 11) is 0. The van der Waals surface area contributed by atoms with Gasteiger partial charge >= 0.3 is 0 Å². The van der Waals surface area contributed by atoms with Gasteiger partial charge in [-0.05, 0) is 31.7 Å². The van der Waals surface area contributed by atoms with Crippen molar-refractivity contribution in [3.8, 4) is 0 Å². The van der Waals surface area contributed by atoms with Crippen LogP contribution < -0.4 is 5.32 Å². The molecule has 0 bridgehead atoms. The smallest absolute Gasteiger partial charge is 0.0928 e. The minimum atomic E-state index is 0.774. The fourth-order valence-electron chi connectivity index (χ4n) is 1.35. The number of thiazole rings is 1. The lowest BCUT2D eigenvalue weighted by Gasteiger charge is -2.01. The Balaban J connectivity index is 2.29. The molecule has 0 fully saturated rings. The highest BCUT2D eigenvalue weighted by Crippen LogP contribution is 2.14. The maximum Gasteiger partial charge on any atom is 0.0928 e. The van der Waals surface area contributed by atoms with Crippen LogP contribution in [0.1, 0.15) is 44.3 Å². The molecule has 2 nitrogen and oxygen atoms in total. The van der Waals surface area contributed by atoms with Gasteiger partial charge in [0, 0.05) is 11.9 Å². The van der Waals surface area contributed by atoms with Crippen molar-refractivity contribution in [3.05, 3.63) is 16.1 Å². The van der Waals surface area contributed by atoms with Crippen molar-refractivity contribution >= 4 is 11.3 Å². The van der Waals surface area contributed by atoms with Gasteiger partial charge in [0.15, 0.2) is 0 Å². The highest BCUT2D eigenvalue weighted by molar-refractivity contribution is 7.09. The van der Waals surface area contributed by atoms with Crippen LogP contribution in [0.25, 0.3) is 0 Å². The number of nitrogens with zero attached hydrogens (tertiary/aromatic N) is 1. The van der Waals surface area contributed by atoms with Crippen LogP contribution in [0.3, 0.4) is 0 Å². The molecule has 0 saturated carbocycles. The molecule has 0 radical (unpaired) electrons. The Bertz CT molecular complexity index is 268. The summed E-state index contributed by atoms with van der Waals surface area (Å²) in [5.41, 5.74) is 1.20. The monoisotopic (exact) mass is 226 g/mol. The highest BCUT2D eigenvalue weighted by atomic mass is 32.1. The zero-order chi connectivity index (χ0) is 11.1. The summed E-state index contributed by atoms with van der Waals surface area (Å²) in [5, 5.41) is 6.84. The van der Waals surface area contributed by atoms with Gasteiger partial charge < -0.3 is 5.32 Å². The quantitative estimate of drug-likeness (QED) is 0.722. The van der Waals surface area contributed by atoms with Crippen molar-refractivity contribution in [1.29, 1.82) is 0 Å². The van der Waals surface area contributed by atoms with Gasteiger partial charge in [-0.2, -0.15) is 0 Å². The fraction of sp³-hybridized carbons (Fsp3) is 0.750. The molecule has 3 heteroatoms. The number of hydrogen-bond donors (Lipinski definition) is 1. The number of hydrogen-bond acceptors (Lipinski definition) is 3. The summed E-state index contributed by atoms with van der Waals surface area (Å²) < 4.78 is 0. The molecule has 0 aromatic carbocycles. The lowest BCUT2D eigenvalue weighted by atomic mass is 10.1. The van der Waals surface area contributed by atoms with E-state index in [4.69, 9.17) is 0 Å². The van der Waals surface area contributed by atoms with Crippen molar-refractivity contribution < 1.29 is 0 Å². The lowest BCUT2D eigenvalue weighted by molar-refractivity contribution is 0.584. The molecule has 1 N–H and O–H groups in total. The van der Waals surface area contributed by atoms with Crippen LogP contribution in [-0.4, -0.2) is 11.5 Å². The van der Waals surface area contributed by atoms with E-state index < -0.39 is 0 Å².